The van der Waals surface area contributed by atoms with E-state index in [1.54, 1.807) is 0 Å². The van der Waals surface area contributed by atoms with Crippen molar-refractivity contribution in [2.75, 3.05) is 0 Å². The lowest BCUT2D eigenvalue weighted by Crippen LogP contribution is -2.06. The van der Waals surface area contributed by atoms with Crippen molar-refractivity contribution >= 4 is 43.6 Å². The molecule has 0 radical (unpaired) electrons. The van der Waals surface area contributed by atoms with E-state index >= 15 is 0 Å². The smallest absolute Gasteiger partial charge is 0.160 e. The van der Waals surface area contributed by atoms with Crippen molar-refractivity contribution < 1.29 is 0 Å². The van der Waals surface area contributed by atoms with Crippen molar-refractivity contribution in [1.29, 1.82) is 0 Å². The first kappa shape index (κ1) is 46.7. The number of aromatic nitrogens is 5. The normalized spacial score (nSPS) is 11.9. The third kappa shape index (κ3) is 6.62. The maximum atomic E-state index is 5.42. The fourth-order valence-corrected chi connectivity index (χ4v) is 12.2. The van der Waals surface area contributed by atoms with E-state index in [4.69, 9.17) is 15.0 Å². The van der Waals surface area contributed by atoms with Gasteiger partial charge in [-0.3, -0.25) is 4.98 Å². The number of aryl methyl sites for hydroxylation is 8. The fourth-order valence-electron chi connectivity index (χ4n) is 12.2. The van der Waals surface area contributed by atoms with Gasteiger partial charge in [-0.15, -0.1) is 0 Å². The lowest BCUT2D eigenvalue weighted by Gasteiger charge is -2.22. The summed E-state index contributed by atoms with van der Waals surface area (Å²) >= 11 is 0. The Balaban J connectivity index is 1.34. The molecule has 0 fully saturated rings. The molecule has 0 unspecified atom stereocenters. The molecule has 0 aliphatic rings. The van der Waals surface area contributed by atoms with Crippen LogP contribution in [0.2, 0.25) is 0 Å². The summed E-state index contributed by atoms with van der Waals surface area (Å²) < 4.78 is 5.20. The number of benzene rings is 7. The number of pyridine rings is 1. The Labute approximate surface area is 425 Å². The van der Waals surface area contributed by atoms with Crippen LogP contribution in [0.1, 0.15) is 89.0 Å². The van der Waals surface area contributed by atoms with Crippen molar-refractivity contribution in [3.63, 3.8) is 0 Å². The van der Waals surface area contributed by atoms with Gasteiger partial charge >= 0.3 is 0 Å². The highest BCUT2D eigenvalue weighted by Crippen LogP contribution is 2.49. The zero-order chi connectivity index (χ0) is 50.9. The Morgan fingerprint density at radius 1 is 0.306 bits per heavy atom. The highest BCUT2D eigenvalue weighted by atomic mass is 15.0. The molecule has 4 heterocycles. The van der Waals surface area contributed by atoms with Gasteiger partial charge in [-0.05, 0) is 224 Å². The predicted octanol–water partition coefficient (Wildman–Crippen LogP) is 17.7. The summed E-state index contributed by atoms with van der Waals surface area (Å²) in [7, 11) is 0. The van der Waals surface area contributed by atoms with Gasteiger partial charge in [-0.25, -0.2) is 9.97 Å². The third-order valence-corrected chi connectivity index (χ3v) is 17.7. The van der Waals surface area contributed by atoms with Crippen LogP contribution in [0.15, 0.2) is 103 Å². The summed E-state index contributed by atoms with van der Waals surface area (Å²) in [5, 5.41) is 5.34. The molecule has 0 spiro atoms. The molecule has 4 aromatic heterocycles. The molecule has 0 bridgehead atoms. The average Bonchev–Trinajstić information content (AvgIpc) is 3.96. The molecule has 11 aromatic rings. The van der Waals surface area contributed by atoms with Crippen LogP contribution in [0.4, 0.5) is 0 Å². The zero-order valence-electron chi connectivity index (χ0n) is 45.1. The van der Waals surface area contributed by atoms with Gasteiger partial charge in [-0.2, -0.15) is 0 Å². The van der Waals surface area contributed by atoms with Crippen molar-refractivity contribution in [1.82, 2.24) is 24.1 Å². The second-order valence-electron chi connectivity index (χ2n) is 20.9. The second-order valence-corrected chi connectivity index (χ2v) is 20.9. The molecular formula is C67H65N5. The van der Waals surface area contributed by atoms with E-state index < -0.39 is 0 Å². The Bertz CT molecular complexity index is 3910. The molecule has 5 heteroatoms. The van der Waals surface area contributed by atoms with Gasteiger partial charge in [0.2, 0.25) is 0 Å². The van der Waals surface area contributed by atoms with Crippen molar-refractivity contribution in [2.45, 2.75) is 111 Å². The van der Waals surface area contributed by atoms with Crippen molar-refractivity contribution in [2.24, 2.45) is 0 Å². The Morgan fingerprint density at radius 3 is 1.11 bits per heavy atom. The highest BCUT2D eigenvalue weighted by Gasteiger charge is 2.29. The first-order valence-corrected chi connectivity index (χ1v) is 25.5. The van der Waals surface area contributed by atoms with Crippen LogP contribution >= 0.6 is 0 Å². The molecule has 0 aliphatic carbocycles. The lowest BCUT2D eigenvalue weighted by atomic mass is 9.90. The van der Waals surface area contributed by atoms with E-state index in [0.717, 1.165) is 50.6 Å². The molecule has 11 rings (SSSR count). The van der Waals surface area contributed by atoms with Gasteiger partial charge in [0.15, 0.2) is 5.82 Å². The minimum absolute atomic E-state index is 0.691. The van der Waals surface area contributed by atoms with Crippen LogP contribution in [-0.4, -0.2) is 24.1 Å². The van der Waals surface area contributed by atoms with E-state index in [2.05, 4.69) is 211 Å². The van der Waals surface area contributed by atoms with Gasteiger partial charge in [0.05, 0.1) is 51.0 Å². The fraction of sp³-hybridized carbons (Fsp3) is 0.239. The Morgan fingerprint density at radius 2 is 0.681 bits per heavy atom. The van der Waals surface area contributed by atoms with Gasteiger partial charge in [0.25, 0.3) is 0 Å². The minimum atomic E-state index is 0.691. The molecule has 5 nitrogen and oxygen atoms in total. The molecule has 7 aromatic carbocycles. The van der Waals surface area contributed by atoms with Gasteiger partial charge in [-0.1, -0.05) is 66.7 Å². The van der Waals surface area contributed by atoms with E-state index in [9.17, 15) is 0 Å². The van der Waals surface area contributed by atoms with Crippen LogP contribution in [-0.2, 0) is 0 Å². The maximum Gasteiger partial charge on any atom is 0.160 e. The van der Waals surface area contributed by atoms with Gasteiger partial charge < -0.3 is 9.13 Å². The van der Waals surface area contributed by atoms with Crippen LogP contribution < -0.4 is 0 Å². The first-order chi connectivity index (χ1) is 34.4. The van der Waals surface area contributed by atoms with Crippen LogP contribution in [0.3, 0.4) is 0 Å². The standard InChI is InChI=1S/C67H65N5/c1-34-38(5)46(13)63-59(42(34)9)60-43(10)35(2)39(6)47(14)64(60)71(63)57-28-27-52(56-32-55(50-23-19-17-20-24-50)69-67(70-56)51-25-21-18-22-26-51)31-54(57)53-29-30-68-33-58(53)72-65-48(15)40(7)36(3)44(11)61(65)62-45(12)37(4)41(8)49(16)66(62)72/h17-33H,1-16H3. The first-order valence-electron chi connectivity index (χ1n) is 25.5. The summed E-state index contributed by atoms with van der Waals surface area (Å²) in [5.74, 6) is 0.691. The summed E-state index contributed by atoms with van der Waals surface area (Å²) in [6.07, 6.45) is 4.09. The SMILES string of the molecule is Cc1c(C)c(C)c2c(c1C)c1c(C)c(C)c(C)c(C)c1n2-c1ccc(-c2cc(-c3ccccc3)nc(-c3ccccc3)n2)cc1-c1ccncc1-n1c2c(C)c(C)c(C)c(C)c2c2c(C)c(C)c(C)c(C)c21. The highest BCUT2D eigenvalue weighted by molar-refractivity contribution is 6.17. The lowest BCUT2D eigenvalue weighted by molar-refractivity contribution is 1.10. The summed E-state index contributed by atoms with van der Waals surface area (Å²) in [6, 6.07) is 32.3. The summed E-state index contributed by atoms with van der Waals surface area (Å²) in [5.41, 5.74) is 35.4. The molecule has 358 valence electrons. The van der Waals surface area contributed by atoms with Gasteiger partial charge in [0, 0.05) is 55.6 Å². The quantitative estimate of drug-likeness (QED) is 0.167. The minimum Gasteiger partial charge on any atom is -0.308 e. The third-order valence-electron chi connectivity index (χ3n) is 17.7. The number of hydrogen-bond acceptors (Lipinski definition) is 3. The number of rotatable bonds is 6. The second kappa shape index (κ2) is 17.0. The Hall–Kier alpha value is -7.63. The van der Waals surface area contributed by atoms with Gasteiger partial charge in [0.1, 0.15) is 0 Å². The Kier molecular flexibility index (Phi) is 11.0. The van der Waals surface area contributed by atoms with Crippen LogP contribution in [0, 0.1) is 111 Å². The van der Waals surface area contributed by atoms with E-state index in [1.807, 2.05) is 12.3 Å². The van der Waals surface area contributed by atoms with Crippen LogP contribution in [0.25, 0.3) is 100 Å². The van der Waals surface area contributed by atoms with E-state index in [0.29, 0.717) is 5.82 Å². The summed E-state index contributed by atoms with van der Waals surface area (Å²) in [6.45, 7) is 37.0. The number of nitrogens with zero attached hydrogens (tertiary/aromatic N) is 5. The monoisotopic (exact) mass is 940 g/mol. The summed E-state index contributed by atoms with van der Waals surface area (Å²) in [4.78, 5) is 15.7. The molecule has 0 atom stereocenters. The predicted molar refractivity (Wildman–Crippen MR) is 306 cm³/mol. The topological polar surface area (TPSA) is 48.5 Å². The zero-order valence-corrected chi connectivity index (χ0v) is 45.1. The average molecular weight is 940 g/mol. The molecule has 0 saturated heterocycles. The molecule has 0 aliphatic heterocycles. The van der Waals surface area contributed by atoms with Crippen molar-refractivity contribution in [3.05, 3.63) is 192 Å². The number of hydrogen-bond donors (Lipinski definition) is 0. The van der Waals surface area contributed by atoms with Crippen molar-refractivity contribution in [3.8, 4) is 56.4 Å². The van der Waals surface area contributed by atoms with E-state index in [-0.39, 0.29) is 0 Å². The largest absolute Gasteiger partial charge is 0.308 e. The molecule has 0 N–H and O–H groups in total. The van der Waals surface area contributed by atoms with Crippen LogP contribution in [0.5, 0.6) is 0 Å². The molecule has 0 amide bonds. The molecule has 72 heavy (non-hydrogen) atoms. The maximum absolute atomic E-state index is 5.42. The molecular weight excluding hydrogens is 875 g/mol. The molecule has 0 saturated carbocycles. The van der Waals surface area contributed by atoms with E-state index in [1.165, 1.54) is 133 Å². The number of fused-ring (bicyclic) bond motifs is 6.